The lowest BCUT2D eigenvalue weighted by Crippen LogP contribution is -2.35. The van der Waals surface area contributed by atoms with E-state index in [1.807, 2.05) is 30.3 Å². The van der Waals surface area contributed by atoms with Gasteiger partial charge in [0.05, 0.1) is 11.2 Å². The first-order chi connectivity index (χ1) is 13.0. The van der Waals surface area contributed by atoms with E-state index in [0.29, 0.717) is 11.4 Å². The quantitative estimate of drug-likeness (QED) is 0.677. The Hall–Kier alpha value is -3.41. The molecule has 0 aliphatic heterocycles. The van der Waals surface area contributed by atoms with Crippen LogP contribution in [0.5, 0.6) is 5.75 Å². The van der Waals surface area contributed by atoms with Crippen molar-refractivity contribution in [3.63, 3.8) is 0 Å². The van der Waals surface area contributed by atoms with E-state index < -0.39 is 24.1 Å². The maximum absolute atomic E-state index is 12.4. The summed E-state index contributed by atoms with van der Waals surface area (Å²) in [6.07, 6.45) is -0.109. The van der Waals surface area contributed by atoms with Crippen molar-refractivity contribution < 1.29 is 19.1 Å². The first-order valence-electron chi connectivity index (χ1n) is 8.61. The molecule has 3 aromatic rings. The van der Waals surface area contributed by atoms with Crippen LogP contribution in [0.4, 0.5) is 5.69 Å². The summed E-state index contributed by atoms with van der Waals surface area (Å²) in [6.45, 7) is 3.10. The first-order valence-corrected chi connectivity index (χ1v) is 8.61. The summed E-state index contributed by atoms with van der Waals surface area (Å²) in [4.78, 5) is 28.9. The second-order valence-electron chi connectivity index (χ2n) is 6.02. The van der Waals surface area contributed by atoms with Gasteiger partial charge >= 0.3 is 5.97 Å². The highest BCUT2D eigenvalue weighted by molar-refractivity contribution is 6.02. The van der Waals surface area contributed by atoms with E-state index in [2.05, 4.69) is 10.3 Å². The van der Waals surface area contributed by atoms with E-state index in [9.17, 15) is 9.59 Å². The monoisotopic (exact) mass is 364 g/mol. The van der Waals surface area contributed by atoms with Gasteiger partial charge in [-0.25, -0.2) is 4.79 Å². The summed E-state index contributed by atoms with van der Waals surface area (Å²) in [5.41, 5.74) is 1.38. The first kappa shape index (κ1) is 18.4. The van der Waals surface area contributed by atoms with E-state index in [0.717, 1.165) is 10.9 Å². The lowest BCUT2D eigenvalue weighted by atomic mass is 10.2. The van der Waals surface area contributed by atoms with Crippen molar-refractivity contribution >= 4 is 28.5 Å². The second kappa shape index (κ2) is 8.31. The fourth-order valence-electron chi connectivity index (χ4n) is 2.52. The Labute approximate surface area is 157 Å². The van der Waals surface area contributed by atoms with Crippen LogP contribution in [0, 0.1) is 0 Å². The fraction of sp³-hybridized carbons (Fsp3) is 0.190. The van der Waals surface area contributed by atoms with Crippen LogP contribution in [0.15, 0.2) is 66.9 Å². The van der Waals surface area contributed by atoms with E-state index in [-0.39, 0.29) is 0 Å². The molecule has 1 amide bonds. The number of nitrogens with one attached hydrogen (secondary N) is 1. The average molecular weight is 364 g/mol. The summed E-state index contributed by atoms with van der Waals surface area (Å²) < 4.78 is 10.8. The maximum atomic E-state index is 12.4. The van der Waals surface area contributed by atoms with Crippen LogP contribution < -0.4 is 10.1 Å². The second-order valence-corrected chi connectivity index (χ2v) is 6.02. The number of aromatic nitrogens is 1. The highest BCUT2D eigenvalue weighted by Crippen LogP contribution is 2.21. The topological polar surface area (TPSA) is 77.5 Å². The van der Waals surface area contributed by atoms with Gasteiger partial charge in [0.25, 0.3) is 5.91 Å². The number of ether oxygens (including phenoxy) is 2. The van der Waals surface area contributed by atoms with Gasteiger partial charge in [0.15, 0.2) is 12.2 Å². The number of hydrogen-bond acceptors (Lipinski definition) is 5. The molecule has 0 saturated carbocycles. The molecule has 27 heavy (non-hydrogen) atoms. The lowest BCUT2D eigenvalue weighted by Gasteiger charge is -2.18. The zero-order valence-corrected chi connectivity index (χ0v) is 15.1. The Morgan fingerprint density at radius 2 is 1.70 bits per heavy atom. The molecule has 0 fully saturated rings. The minimum Gasteiger partial charge on any atom is -0.479 e. The number of nitrogens with zero attached hydrogens (tertiary/aromatic N) is 1. The van der Waals surface area contributed by atoms with Gasteiger partial charge in [-0.2, -0.15) is 0 Å². The molecule has 0 spiro atoms. The fourth-order valence-corrected chi connectivity index (χ4v) is 2.52. The SMILES string of the molecule is CC(OC(=O)C(C)Oc1ccccc1)C(=O)Nc1cccc2ncccc12. The standard InChI is InChI=1S/C21H20N2O4/c1-14(27-21(25)15(2)26-16-8-4-3-5-9-16)20(24)23-19-12-6-11-18-17(19)10-7-13-22-18/h3-15H,1-2H3,(H,23,24). The minimum atomic E-state index is -0.966. The van der Waals surface area contributed by atoms with Crippen LogP contribution in [-0.4, -0.2) is 29.1 Å². The molecule has 1 aromatic heterocycles. The zero-order chi connectivity index (χ0) is 19.2. The summed E-state index contributed by atoms with van der Waals surface area (Å²) >= 11 is 0. The maximum Gasteiger partial charge on any atom is 0.347 e. The highest BCUT2D eigenvalue weighted by Gasteiger charge is 2.23. The molecule has 2 aromatic carbocycles. The Morgan fingerprint density at radius 3 is 2.48 bits per heavy atom. The third kappa shape index (κ3) is 4.61. The average Bonchev–Trinajstić information content (AvgIpc) is 2.69. The molecule has 138 valence electrons. The van der Waals surface area contributed by atoms with Crippen molar-refractivity contribution in [2.45, 2.75) is 26.1 Å². The van der Waals surface area contributed by atoms with Crippen molar-refractivity contribution in [1.82, 2.24) is 4.98 Å². The number of rotatable bonds is 6. The van der Waals surface area contributed by atoms with Gasteiger partial charge in [-0.15, -0.1) is 0 Å². The van der Waals surface area contributed by atoms with Gasteiger partial charge in [-0.05, 0) is 50.2 Å². The molecule has 6 heteroatoms. The molecular weight excluding hydrogens is 344 g/mol. The zero-order valence-electron chi connectivity index (χ0n) is 15.1. The van der Waals surface area contributed by atoms with Crippen molar-refractivity contribution in [2.24, 2.45) is 0 Å². The van der Waals surface area contributed by atoms with Crippen LogP contribution >= 0.6 is 0 Å². The van der Waals surface area contributed by atoms with Crippen LogP contribution in [0.25, 0.3) is 10.9 Å². The lowest BCUT2D eigenvalue weighted by molar-refractivity contribution is -0.159. The van der Waals surface area contributed by atoms with Crippen LogP contribution in [-0.2, 0) is 14.3 Å². The normalized spacial score (nSPS) is 12.8. The van der Waals surface area contributed by atoms with Gasteiger partial charge in [-0.3, -0.25) is 9.78 Å². The van der Waals surface area contributed by atoms with Gasteiger partial charge in [0.2, 0.25) is 0 Å². The molecule has 6 nitrogen and oxygen atoms in total. The van der Waals surface area contributed by atoms with Gasteiger partial charge in [0, 0.05) is 11.6 Å². The number of fused-ring (bicyclic) bond motifs is 1. The number of pyridine rings is 1. The van der Waals surface area contributed by atoms with Gasteiger partial charge in [0.1, 0.15) is 5.75 Å². The van der Waals surface area contributed by atoms with Crippen molar-refractivity contribution in [2.75, 3.05) is 5.32 Å². The Balaban J connectivity index is 1.60. The number of benzene rings is 2. The molecule has 0 aliphatic carbocycles. The molecule has 0 bridgehead atoms. The predicted molar refractivity (Wildman–Crippen MR) is 102 cm³/mol. The number of carbonyl (C=O) groups excluding carboxylic acids is 2. The number of carbonyl (C=O) groups is 2. The predicted octanol–water partition coefficient (Wildman–Crippen LogP) is 3.57. The van der Waals surface area contributed by atoms with E-state index in [1.165, 1.54) is 6.92 Å². The number of anilines is 1. The molecule has 1 N–H and O–H groups in total. The molecule has 2 unspecified atom stereocenters. The molecule has 2 atom stereocenters. The highest BCUT2D eigenvalue weighted by atomic mass is 16.6. The van der Waals surface area contributed by atoms with Crippen molar-refractivity contribution in [3.8, 4) is 5.75 Å². The summed E-state index contributed by atoms with van der Waals surface area (Å²) in [7, 11) is 0. The third-order valence-electron chi connectivity index (χ3n) is 3.95. The Bertz CT molecular complexity index is 938. The number of amides is 1. The minimum absolute atomic E-state index is 0.424. The summed E-state index contributed by atoms with van der Waals surface area (Å²) in [6, 6.07) is 18.1. The van der Waals surface area contributed by atoms with Crippen LogP contribution in [0.3, 0.4) is 0 Å². The Morgan fingerprint density at radius 1 is 0.926 bits per heavy atom. The summed E-state index contributed by atoms with van der Waals surface area (Å²) in [5, 5.41) is 3.59. The van der Waals surface area contributed by atoms with E-state index in [1.54, 1.807) is 43.5 Å². The van der Waals surface area contributed by atoms with Crippen LogP contribution in [0.1, 0.15) is 13.8 Å². The summed E-state index contributed by atoms with van der Waals surface area (Å²) in [5.74, 6) is -0.477. The van der Waals surface area contributed by atoms with E-state index >= 15 is 0 Å². The van der Waals surface area contributed by atoms with Gasteiger partial charge in [-0.1, -0.05) is 24.3 Å². The largest absolute Gasteiger partial charge is 0.479 e. The molecule has 0 saturated heterocycles. The van der Waals surface area contributed by atoms with Crippen LogP contribution in [0.2, 0.25) is 0 Å². The molecular formula is C21H20N2O4. The number of hydrogen-bond donors (Lipinski definition) is 1. The smallest absolute Gasteiger partial charge is 0.347 e. The van der Waals surface area contributed by atoms with Crippen molar-refractivity contribution in [1.29, 1.82) is 0 Å². The molecule has 0 radical (unpaired) electrons. The van der Waals surface area contributed by atoms with Crippen molar-refractivity contribution in [3.05, 3.63) is 66.9 Å². The molecule has 0 aliphatic rings. The van der Waals surface area contributed by atoms with Gasteiger partial charge < -0.3 is 14.8 Å². The number of para-hydroxylation sites is 1. The number of esters is 1. The van der Waals surface area contributed by atoms with E-state index in [4.69, 9.17) is 9.47 Å². The third-order valence-corrected chi connectivity index (χ3v) is 3.95. The molecule has 3 rings (SSSR count). The Kier molecular flexibility index (Phi) is 5.66. The molecule has 1 heterocycles.